The lowest BCUT2D eigenvalue weighted by Gasteiger charge is -2.28. The number of urea groups is 1. The van der Waals surface area contributed by atoms with Crippen molar-refractivity contribution in [2.24, 2.45) is 0 Å². The zero-order chi connectivity index (χ0) is 24.2. The zero-order valence-electron chi connectivity index (χ0n) is 20.0. The summed E-state index contributed by atoms with van der Waals surface area (Å²) >= 11 is 0. The first-order valence-corrected chi connectivity index (χ1v) is 12.2. The van der Waals surface area contributed by atoms with Gasteiger partial charge in [0.1, 0.15) is 0 Å². The molecule has 0 aromatic heterocycles. The molecular formula is C27H34N4O3. The molecule has 0 radical (unpaired) electrons. The predicted molar refractivity (Wildman–Crippen MR) is 131 cm³/mol. The molecule has 2 fully saturated rings. The lowest BCUT2D eigenvalue weighted by molar-refractivity contribution is -0.133. The zero-order valence-corrected chi connectivity index (χ0v) is 20.0. The maximum absolute atomic E-state index is 13.2. The smallest absolute Gasteiger partial charge is 0.317 e. The average molecular weight is 463 g/mol. The van der Waals surface area contributed by atoms with Crippen LogP contribution in [0.25, 0.3) is 0 Å². The number of amides is 4. The van der Waals surface area contributed by atoms with Crippen LogP contribution in [0.3, 0.4) is 0 Å². The van der Waals surface area contributed by atoms with Crippen molar-refractivity contribution in [3.05, 3.63) is 71.8 Å². The highest BCUT2D eigenvalue weighted by molar-refractivity contribution is 5.91. The third-order valence-electron chi connectivity index (χ3n) is 7.73. The van der Waals surface area contributed by atoms with E-state index in [1.165, 1.54) is 0 Å². The highest BCUT2D eigenvalue weighted by Crippen LogP contribution is 2.39. The van der Waals surface area contributed by atoms with Crippen molar-refractivity contribution < 1.29 is 14.4 Å². The molecule has 2 atom stereocenters. The van der Waals surface area contributed by atoms with Crippen LogP contribution in [0.5, 0.6) is 0 Å². The van der Waals surface area contributed by atoms with E-state index in [1.54, 1.807) is 9.80 Å². The summed E-state index contributed by atoms with van der Waals surface area (Å²) in [5.74, 6) is 0.0959. The number of rotatable bonds is 8. The van der Waals surface area contributed by atoms with Gasteiger partial charge in [-0.3, -0.25) is 9.59 Å². The molecule has 7 heteroatoms. The van der Waals surface area contributed by atoms with Gasteiger partial charge >= 0.3 is 6.03 Å². The van der Waals surface area contributed by atoms with Crippen molar-refractivity contribution in [1.29, 1.82) is 0 Å². The van der Waals surface area contributed by atoms with Gasteiger partial charge in [0, 0.05) is 13.1 Å². The molecule has 4 amide bonds. The fourth-order valence-corrected chi connectivity index (χ4v) is 5.49. The summed E-state index contributed by atoms with van der Waals surface area (Å²) in [5, 5.41) is 5.58. The summed E-state index contributed by atoms with van der Waals surface area (Å²) in [7, 11) is 0. The van der Waals surface area contributed by atoms with Crippen LogP contribution in [-0.2, 0) is 20.4 Å². The Morgan fingerprint density at radius 3 is 1.47 bits per heavy atom. The van der Waals surface area contributed by atoms with Gasteiger partial charge in [-0.05, 0) is 36.8 Å². The van der Waals surface area contributed by atoms with Crippen molar-refractivity contribution in [2.45, 2.75) is 50.4 Å². The molecule has 2 heterocycles. The Morgan fingerprint density at radius 2 is 1.12 bits per heavy atom. The van der Waals surface area contributed by atoms with Crippen LogP contribution >= 0.6 is 0 Å². The first kappa shape index (κ1) is 23.8. The summed E-state index contributed by atoms with van der Waals surface area (Å²) in [6.45, 7) is 5.57. The average Bonchev–Trinajstić information content (AvgIpc) is 3.39. The molecule has 2 saturated heterocycles. The molecule has 2 aromatic rings. The third kappa shape index (κ3) is 4.15. The van der Waals surface area contributed by atoms with E-state index in [2.05, 4.69) is 10.6 Å². The summed E-state index contributed by atoms with van der Waals surface area (Å²) < 4.78 is 0. The fourth-order valence-electron chi connectivity index (χ4n) is 5.49. The molecule has 180 valence electrons. The summed E-state index contributed by atoms with van der Waals surface area (Å²) in [6, 6.07) is 19.4. The second-order valence-corrected chi connectivity index (χ2v) is 9.24. The van der Waals surface area contributed by atoms with Crippen LogP contribution in [0.4, 0.5) is 4.79 Å². The van der Waals surface area contributed by atoms with Gasteiger partial charge in [-0.25, -0.2) is 4.79 Å². The topological polar surface area (TPSA) is 81.8 Å². The fraction of sp³-hybridized carbons (Fsp3) is 0.444. The minimum absolute atomic E-state index is 0.0480. The molecule has 34 heavy (non-hydrogen) atoms. The molecule has 2 aromatic carbocycles. The Kier molecular flexibility index (Phi) is 6.91. The first-order valence-electron chi connectivity index (χ1n) is 12.2. The summed E-state index contributed by atoms with van der Waals surface area (Å²) in [5.41, 5.74) is 1.00. The van der Waals surface area contributed by atoms with Crippen LogP contribution < -0.4 is 10.6 Å². The molecule has 0 spiro atoms. The second kappa shape index (κ2) is 9.87. The van der Waals surface area contributed by atoms with Crippen LogP contribution in [0, 0.1) is 0 Å². The largest absolute Gasteiger partial charge is 0.324 e. The van der Waals surface area contributed by atoms with Crippen molar-refractivity contribution in [3.8, 4) is 0 Å². The van der Waals surface area contributed by atoms with Gasteiger partial charge < -0.3 is 20.4 Å². The van der Waals surface area contributed by atoms with Gasteiger partial charge in [-0.15, -0.1) is 0 Å². The molecule has 2 unspecified atom stereocenters. The summed E-state index contributed by atoms with van der Waals surface area (Å²) in [6.07, 6.45) is 2.90. The molecule has 4 rings (SSSR count). The Bertz CT molecular complexity index is 947. The van der Waals surface area contributed by atoms with Crippen molar-refractivity contribution in [2.75, 3.05) is 26.4 Å². The predicted octanol–water partition coefficient (Wildman–Crippen LogP) is 3.36. The standard InChI is InChI=1S/C27H34N4O3/c1-3-26(21-11-7-5-8-12-21)15-17-30(23(26)32)19-28-25(34)29-20-31-18-16-27(4-2,24(31)33)22-13-9-6-10-14-22/h5-14H,3-4,15-20H2,1-2H3,(H2,28,29,34). The first-order chi connectivity index (χ1) is 16.5. The normalized spacial score (nSPS) is 24.5. The van der Waals surface area contributed by atoms with Gasteiger partial charge in [0.25, 0.3) is 0 Å². The molecular weight excluding hydrogens is 428 g/mol. The van der Waals surface area contributed by atoms with E-state index < -0.39 is 10.8 Å². The Balaban J connectivity index is 1.30. The Morgan fingerprint density at radius 1 is 0.735 bits per heavy atom. The number of carbonyl (C=O) groups is 3. The maximum atomic E-state index is 13.2. The number of benzene rings is 2. The quantitative estimate of drug-likeness (QED) is 0.631. The minimum Gasteiger partial charge on any atom is -0.324 e. The highest BCUT2D eigenvalue weighted by Gasteiger charge is 2.47. The van der Waals surface area contributed by atoms with Crippen LogP contribution in [0.15, 0.2) is 60.7 Å². The number of carbonyl (C=O) groups excluding carboxylic acids is 3. The van der Waals surface area contributed by atoms with Crippen LogP contribution in [0.2, 0.25) is 0 Å². The second-order valence-electron chi connectivity index (χ2n) is 9.24. The van der Waals surface area contributed by atoms with E-state index in [0.29, 0.717) is 13.1 Å². The van der Waals surface area contributed by atoms with Crippen molar-refractivity contribution >= 4 is 17.8 Å². The Labute approximate surface area is 201 Å². The molecule has 2 N–H and O–H groups in total. The van der Waals surface area contributed by atoms with Crippen molar-refractivity contribution in [3.63, 3.8) is 0 Å². The molecule has 0 aliphatic carbocycles. The SMILES string of the molecule is CCC1(c2ccccc2)CCN(CNC(=O)NCN2CCC(CC)(c3ccccc3)C2=O)C1=O. The van der Waals surface area contributed by atoms with Crippen molar-refractivity contribution in [1.82, 2.24) is 20.4 Å². The molecule has 0 bridgehead atoms. The molecule has 2 aliphatic rings. The number of likely N-dealkylation sites (tertiary alicyclic amines) is 2. The van der Waals surface area contributed by atoms with Crippen LogP contribution in [0.1, 0.15) is 50.7 Å². The van der Waals surface area contributed by atoms with E-state index >= 15 is 0 Å². The number of hydrogen-bond donors (Lipinski definition) is 2. The number of hydrogen-bond acceptors (Lipinski definition) is 3. The number of nitrogens with one attached hydrogen (secondary N) is 2. The van der Waals surface area contributed by atoms with Gasteiger partial charge in [-0.2, -0.15) is 0 Å². The van der Waals surface area contributed by atoms with E-state index in [4.69, 9.17) is 0 Å². The molecule has 0 saturated carbocycles. The third-order valence-corrected chi connectivity index (χ3v) is 7.73. The Hall–Kier alpha value is -3.35. The van der Waals surface area contributed by atoms with E-state index in [0.717, 1.165) is 36.8 Å². The van der Waals surface area contributed by atoms with E-state index in [1.807, 2.05) is 74.5 Å². The summed E-state index contributed by atoms with van der Waals surface area (Å²) in [4.78, 5) is 42.3. The van der Waals surface area contributed by atoms with Crippen LogP contribution in [-0.4, -0.2) is 54.1 Å². The van der Waals surface area contributed by atoms with E-state index in [-0.39, 0.29) is 31.2 Å². The van der Waals surface area contributed by atoms with E-state index in [9.17, 15) is 14.4 Å². The molecule has 2 aliphatic heterocycles. The maximum Gasteiger partial charge on any atom is 0.317 e. The highest BCUT2D eigenvalue weighted by atomic mass is 16.2. The minimum atomic E-state index is -0.525. The van der Waals surface area contributed by atoms with Gasteiger partial charge in [0.05, 0.1) is 24.2 Å². The lowest BCUT2D eigenvalue weighted by atomic mass is 9.77. The monoisotopic (exact) mass is 462 g/mol. The number of nitrogens with zero attached hydrogens (tertiary/aromatic N) is 2. The van der Waals surface area contributed by atoms with Gasteiger partial charge in [-0.1, -0.05) is 74.5 Å². The van der Waals surface area contributed by atoms with Gasteiger partial charge in [0.15, 0.2) is 0 Å². The molecule has 7 nitrogen and oxygen atoms in total. The lowest BCUT2D eigenvalue weighted by Crippen LogP contribution is -2.49. The van der Waals surface area contributed by atoms with Gasteiger partial charge in [0.2, 0.25) is 11.8 Å².